The standard InChI is InChI=1S/C15H27N3O2/c1-15(2,3)20-11-13(19)10-18-7-5-4-6-14(18)12-8-16-17-9-12/h8-9,13-14,19H,4-7,10-11H2,1-3H3,(H,16,17)/t13-,14+/m0/s1. The molecule has 114 valence electrons. The number of aliphatic hydroxyl groups is 1. The van der Waals surface area contributed by atoms with Crippen LogP contribution in [0.15, 0.2) is 12.4 Å². The molecule has 2 rings (SSSR count). The Hall–Kier alpha value is -0.910. The zero-order valence-electron chi connectivity index (χ0n) is 12.8. The molecule has 1 saturated heterocycles. The third-order valence-electron chi connectivity index (χ3n) is 3.67. The Kier molecular flexibility index (Phi) is 5.18. The predicted molar refractivity (Wildman–Crippen MR) is 78.5 cm³/mol. The van der Waals surface area contributed by atoms with Gasteiger partial charge in [-0.2, -0.15) is 5.10 Å². The van der Waals surface area contributed by atoms with Crippen molar-refractivity contribution in [2.45, 2.75) is 57.8 Å². The van der Waals surface area contributed by atoms with E-state index in [1.54, 1.807) is 0 Å². The molecule has 0 aliphatic carbocycles. The normalized spacial score (nSPS) is 22.9. The molecule has 0 aromatic carbocycles. The van der Waals surface area contributed by atoms with Crippen molar-refractivity contribution in [3.05, 3.63) is 18.0 Å². The lowest BCUT2D eigenvalue weighted by molar-refractivity contribution is -0.0610. The Morgan fingerprint density at radius 1 is 1.50 bits per heavy atom. The van der Waals surface area contributed by atoms with E-state index in [0.717, 1.165) is 13.0 Å². The first-order valence-corrected chi connectivity index (χ1v) is 7.50. The lowest BCUT2D eigenvalue weighted by Gasteiger charge is -2.36. The molecule has 0 bridgehead atoms. The quantitative estimate of drug-likeness (QED) is 0.868. The van der Waals surface area contributed by atoms with Crippen LogP contribution < -0.4 is 0 Å². The van der Waals surface area contributed by atoms with Gasteiger partial charge in [0.15, 0.2) is 0 Å². The number of aromatic nitrogens is 2. The second-order valence-corrected chi connectivity index (χ2v) is 6.62. The number of ether oxygens (including phenoxy) is 1. The number of aromatic amines is 1. The van der Waals surface area contributed by atoms with Crippen LogP contribution in [0.3, 0.4) is 0 Å². The molecule has 0 radical (unpaired) electrons. The molecule has 0 unspecified atom stereocenters. The Labute approximate surface area is 121 Å². The SMILES string of the molecule is CC(C)(C)OC[C@@H](O)CN1CCCC[C@@H]1c1cn[nH]c1. The summed E-state index contributed by atoms with van der Waals surface area (Å²) in [5, 5.41) is 17.1. The zero-order chi connectivity index (χ0) is 14.6. The first-order valence-electron chi connectivity index (χ1n) is 7.50. The van der Waals surface area contributed by atoms with Gasteiger partial charge in [0.25, 0.3) is 0 Å². The minimum atomic E-state index is -0.443. The van der Waals surface area contributed by atoms with Gasteiger partial charge >= 0.3 is 0 Å². The molecule has 1 aliphatic heterocycles. The van der Waals surface area contributed by atoms with Crippen LogP contribution in [0.25, 0.3) is 0 Å². The number of piperidine rings is 1. The summed E-state index contributed by atoms with van der Waals surface area (Å²) in [5.74, 6) is 0. The fourth-order valence-electron chi connectivity index (χ4n) is 2.70. The molecule has 0 spiro atoms. The van der Waals surface area contributed by atoms with Gasteiger partial charge in [-0.25, -0.2) is 0 Å². The fourth-order valence-corrected chi connectivity index (χ4v) is 2.70. The fraction of sp³-hybridized carbons (Fsp3) is 0.800. The highest BCUT2D eigenvalue weighted by atomic mass is 16.5. The topological polar surface area (TPSA) is 61.4 Å². The van der Waals surface area contributed by atoms with Gasteiger partial charge in [-0.3, -0.25) is 10.00 Å². The molecule has 0 saturated carbocycles. The molecule has 1 fully saturated rings. The predicted octanol–water partition coefficient (Wildman–Crippen LogP) is 2.11. The van der Waals surface area contributed by atoms with Crippen molar-refractivity contribution in [1.29, 1.82) is 0 Å². The first kappa shape index (κ1) is 15.5. The van der Waals surface area contributed by atoms with Crippen molar-refractivity contribution >= 4 is 0 Å². The summed E-state index contributed by atoms with van der Waals surface area (Å²) in [6.07, 6.45) is 6.97. The van der Waals surface area contributed by atoms with Gasteiger partial charge < -0.3 is 9.84 Å². The summed E-state index contributed by atoms with van der Waals surface area (Å²) in [4.78, 5) is 2.35. The average molecular weight is 281 g/mol. The van der Waals surface area contributed by atoms with Crippen LogP contribution in [-0.2, 0) is 4.74 Å². The average Bonchev–Trinajstić information content (AvgIpc) is 2.90. The van der Waals surface area contributed by atoms with Crippen LogP contribution in [0.4, 0.5) is 0 Å². The van der Waals surface area contributed by atoms with Crippen LogP contribution in [0.5, 0.6) is 0 Å². The second-order valence-electron chi connectivity index (χ2n) is 6.62. The number of rotatable bonds is 5. The van der Waals surface area contributed by atoms with E-state index in [2.05, 4.69) is 15.1 Å². The summed E-state index contributed by atoms with van der Waals surface area (Å²) in [7, 11) is 0. The number of nitrogens with one attached hydrogen (secondary N) is 1. The molecule has 2 N–H and O–H groups in total. The highest BCUT2D eigenvalue weighted by Crippen LogP contribution is 2.30. The van der Waals surface area contributed by atoms with Crippen molar-refractivity contribution in [3.63, 3.8) is 0 Å². The molecule has 5 nitrogen and oxygen atoms in total. The van der Waals surface area contributed by atoms with Gasteiger partial charge in [-0.1, -0.05) is 6.42 Å². The van der Waals surface area contributed by atoms with Crippen molar-refractivity contribution in [1.82, 2.24) is 15.1 Å². The largest absolute Gasteiger partial charge is 0.389 e. The third kappa shape index (κ3) is 4.58. The number of H-pyrrole nitrogens is 1. The van der Waals surface area contributed by atoms with Crippen LogP contribution >= 0.6 is 0 Å². The van der Waals surface area contributed by atoms with Crippen molar-refractivity contribution in [2.24, 2.45) is 0 Å². The van der Waals surface area contributed by atoms with Crippen LogP contribution in [0, 0.1) is 0 Å². The molecule has 1 aliphatic rings. The summed E-state index contributed by atoms with van der Waals surface area (Å²) >= 11 is 0. The summed E-state index contributed by atoms with van der Waals surface area (Å²) in [6.45, 7) is 8.10. The maximum Gasteiger partial charge on any atom is 0.0900 e. The van der Waals surface area contributed by atoms with Crippen molar-refractivity contribution in [2.75, 3.05) is 19.7 Å². The molecule has 2 heterocycles. The summed E-state index contributed by atoms with van der Waals surface area (Å²) in [6, 6.07) is 0.367. The molecule has 1 aromatic rings. The lowest BCUT2D eigenvalue weighted by atomic mass is 9.97. The number of likely N-dealkylation sites (tertiary alicyclic amines) is 1. The van der Waals surface area contributed by atoms with E-state index in [4.69, 9.17) is 4.74 Å². The molecule has 2 atom stereocenters. The van der Waals surface area contributed by atoms with Crippen molar-refractivity contribution < 1.29 is 9.84 Å². The molecule has 1 aromatic heterocycles. The monoisotopic (exact) mass is 281 g/mol. The van der Waals surface area contributed by atoms with Crippen LogP contribution in [0.2, 0.25) is 0 Å². The molecular weight excluding hydrogens is 254 g/mol. The van der Waals surface area contributed by atoms with E-state index in [1.807, 2.05) is 33.2 Å². The van der Waals surface area contributed by atoms with E-state index in [-0.39, 0.29) is 5.60 Å². The van der Waals surface area contributed by atoms with E-state index in [1.165, 1.54) is 18.4 Å². The Morgan fingerprint density at radius 3 is 2.95 bits per heavy atom. The Balaban J connectivity index is 1.89. The minimum absolute atomic E-state index is 0.202. The van der Waals surface area contributed by atoms with Crippen molar-refractivity contribution in [3.8, 4) is 0 Å². The molecule has 0 amide bonds. The van der Waals surface area contributed by atoms with Crippen LogP contribution in [-0.4, -0.2) is 51.6 Å². The van der Waals surface area contributed by atoms with Gasteiger partial charge in [-0.15, -0.1) is 0 Å². The number of hydrogen-bond donors (Lipinski definition) is 2. The highest BCUT2D eigenvalue weighted by Gasteiger charge is 2.26. The van der Waals surface area contributed by atoms with Gasteiger partial charge in [0, 0.05) is 24.3 Å². The summed E-state index contributed by atoms with van der Waals surface area (Å²) < 4.78 is 5.66. The van der Waals surface area contributed by atoms with Gasteiger partial charge in [0.2, 0.25) is 0 Å². The van der Waals surface area contributed by atoms with E-state index in [0.29, 0.717) is 19.2 Å². The van der Waals surface area contributed by atoms with Crippen LogP contribution in [0.1, 0.15) is 51.6 Å². The molecule has 20 heavy (non-hydrogen) atoms. The van der Waals surface area contributed by atoms with Gasteiger partial charge in [0.1, 0.15) is 0 Å². The number of hydrogen-bond acceptors (Lipinski definition) is 4. The van der Waals surface area contributed by atoms with Gasteiger partial charge in [0.05, 0.1) is 24.5 Å². The molecular formula is C15H27N3O2. The zero-order valence-corrected chi connectivity index (χ0v) is 12.8. The van der Waals surface area contributed by atoms with Gasteiger partial charge in [-0.05, 0) is 40.2 Å². The first-order chi connectivity index (χ1) is 9.46. The smallest absolute Gasteiger partial charge is 0.0900 e. The Bertz CT molecular complexity index is 386. The maximum atomic E-state index is 10.2. The van der Waals surface area contributed by atoms with E-state index < -0.39 is 6.10 Å². The summed E-state index contributed by atoms with van der Waals surface area (Å²) in [5.41, 5.74) is 1.01. The lowest BCUT2D eigenvalue weighted by Crippen LogP contribution is -2.41. The maximum absolute atomic E-state index is 10.2. The van der Waals surface area contributed by atoms with E-state index in [9.17, 15) is 5.11 Å². The number of nitrogens with zero attached hydrogens (tertiary/aromatic N) is 2. The number of β-amino-alcohol motifs (C(OH)–C–C–N with tert-alkyl or cyclic N) is 1. The number of aliphatic hydroxyl groups excluding tert-OH is 1. The minimum Gasteiger partial charge on any atom is -0.389 e. The van der Waals surface area contributed by atoms with E-state index >= 15 is 0 Å². The third-order valence-corrected chi connectivity index (χ3v) is 3.67. The second kappa shape index (κ2) is 6.70. The highest BCUT2D eigenvalue weighted by molar-refractivity contribution is 5.10. The molecule has 5 heteroatoms. The Morgan fingerprint density at radius 2 is 2.30 bits per heavy atom.